The van der Waals surface area contributed by atoms with Crippen LogP contribution in [0.25, 0.3) is 0 Å². The van der Waals surface area contributed by atoms with Crippen LogP contribution in [-0.4, -0.2) is 21.3 Å². The van der Waals surface area contributed by atoms with Crippen LogP contribution in [0.4, 0.5) is 0 Å². The molecule has 102 valence electrons. The first kappa shape index (κ1) is 14.6. The minimum atomic E-state index is -0.0419. The minimum absolute atomic E-state index is 0.0419. The summed E-state index contributed by atoms with van der Waals surface area (Å²) in [5.41, 5.74) is 7.16. The number of benzene rings is 1. The zero-order chi connectivity index (χ0) is 13.5. The van der Waals surface area contributed by atoms with Crippen molar-refractivity contribution in [3.63, 3.8) is 0 Å². The Labute approximate surface area is 109 Å². The van der Waals surface area contributed by atoms with Crippen molar-refractivity contribution >= 4 is 0 Å². The molecule has 0 amide bonds. The van der Waals surface area contributed by atoms with Gasteiger partial charge in [0, 0.05) is 17.7 Å². The zero-order valence-electron chi connectivity index (χ0n) is 11.7. The molecule has 0 aromatic heterocycles. The molecule has 0 bridgehead atoms. The lowest BCUT2D eigenvalue weighted by atomic mass is 10.0. The fourth-order valence-electron chi connectivity index (χ4n) is 1.92. The highest BCUT2D eigenvalue weighted by molar-refractivity contribution is 5.51. The quantitative estimate of drug-likeness (QED) is 0.811. The van der Waals surface area contributed by atoms with Crippen LogP contribution in [0.5, 0.6) is 17.2 Å². The standard InChI is InChI=1S/C14H23NO3/c1-5-6-7-11(15)10-8-13(17-3)14(18-4)9-12(10)16-2/h8-9,11H,5-7,15H2,1-4H3/t11-/m1/s1. The molecular formula is C14H23NO3. The number of nitrogens with two attached hydrogens (primary N) is 1. The summed E-state index contributed by atoms with van der Waals surface area (Å²) in [5, 5.41) is 0. The van der Waals surface area contributed by atoms with Crippen molar-refractivity contribution < 1.29 is 14.2 Å². The molecule has 2 N–H and O–H groups in total. The Bertz CT molecular complexity index is 380. The van der Waals surface area contributed by atoms with Crippen molar-refractivity contribution in [3.8, 4) is 17.2 Å². The molecular weight excluding hydrogens is 230 g/mol. The Kier molecular flexibility index (Phi) is 5.78. The molecule has 0 aliphatic rings. The van der Waals surface area contributed by atoms with Crippen molar-refractivity contribution in [1.82, 2.24) is 0 Å². The first-order valence-corrected chi connectivity index (χ1v) is 6.23. The molecule has 0 unspecified atom stereocenters. The van der Waals surface area contributed by atoms with Crippen LogP contribution in [0.1, 0.15) is 37.8 Å². The van der Waals surface area contributed by atoms with E-state index in [-0.39, 0.29) is 6.04 Å². The molecule has 1 atom stereocenters. The minimum Gasteiger partial charge on any atom is -0.496 e. The van der Waals surface area contributed by atoms with Crippen molar-refractivity contribution in [2.24, 2.45) is 5.73 Å². The van der Waals surface area contributed by atoms with Crippen LogP contribution in [0, 0.1) is 0 Å². The number of unbranched alkanes of at least 4 members (excludes halogenated alkanes) is 1. The maximum Gasteiger partial charge on any atom is 0.164 e. The highest BCUT2D eigenvalue weighted by Gasteiger charge is 2.16. The SMILES string of the molecule is CCCC[C@@H](N)c1cc(OC)c(OC)cc1OC. The van der Waals surface area contributed by atoms with Gasteiger partial charge in [-0.25, -0.2) is 0 Å². The Morgan fingerprint density at radius 3 is 2.06 bits per heavy atom. The summed E-state index contributed by atoms with van der Waals surface area (Å²) >= 11 is 0. The lowest BCUT2D eigenvalue weighted by molar-refractivity contribution is 0.346. The first-order valence-electron chi connectivity index (χ1n) is 6.23. The van der Waals surface area contributed by atoms with Crippen molar-refractivity contribution in [1.29, 1.82) is 0 Å². The third kappa shape index (κ3) is 3.29. The van der Waals surface area contributed by atoms with Gasteiger partial charge in [-0.3, -0.25) is 0 Å². The number of rotatable bonds is 7. The molecule has 0 aliphatic carbocycles. The molecule has 0 radical (unpaired) electrons. The Hall–Kier alpha value is -1.42. The number of methoxy groups -OCH3 is 3. The number of hydrogen-bond acceptors (Lipinski definition) is 4. The molecule has 18 heavy (non-hydrogen) atoms. The summed E-state index contributed by atoms with van der Waals surface area (Å²) < 4.78 is 15.9. The van der Waals surface area contributed by atoms with Crippen molar-refractivity contribution in [3.05, 3.63) is 17.7 Å². The lowest BCUT2D eigenvalue weighted by Crippen LogP contribution is -2.12. The monoisotopic (exact) mass is 253 g/mol. The molecule has 0 saturated carbocycles. The van der Waals surface area contributed by atoms with E-state index >= 15 is 0 Å². The van der Waals surface area contributed by atoms with E-state index < -0.39 is 0 Å². The van der Waals surface area contributed by atoms with E-state index in [0.717, 1.165) is 30.6 Å². The van der Waals surface area contributed by atoms with E-state index in [0.29, 0.717) is 11.5 Å². The highest BCUT2D eigenvalue weighted by atomic mass is 16.5. The summed E-state index contributed by atoms with van der Waals surface area (Å²) in [5.74, 6) is 2.08. The molecule has 0 heterocycles. The third-order valence-electron chi connectivity index (χ3n) is 3.00. The summed E-state index contributed by atoms with van der Waals surface area (Å²) in [6.45, 7) is 2.15. The normalized spacial score (nSPS) is 12.1. The molecule has 4 heteroatoms. The Morgan fingerprint density at radius 1 is 1.00 bits per heavy atom. The van der Waals surface area contributed by atoms with Gasteiger partial charge in [0.2, 0.25) is 0 Å². The Balaban J connectivity index is 3.08. The van der Waals surface area contributed by atoms with E-state index in [1.807, 2.05) is 12.1 Å². The van der Waals surface area contributed by atoms with Gasteiger partial charge in [0.1, 0.15) is 5.75 Å². The molecule has 1 aromatic rings. The average molecular weight is 253 g/mol. The largest absolute Gasteiger partial charge is 0.496 e. The van der Waals surface area contributed by atoms with Gasteiger partial charge in [0.15, 0.2) is 11.5 Å². The number of ether oxygens (including phenoxy) is 3. The average Bonchev–Trinajstić information content (AvgIpc) is 2.42. The predicted octanol–water partition coefficient (Wildman–Crippen LogP) is 2.90. The van der Waals surface area contributed by atoms with Crippen LogP contribution < -0.4 is 19.9 Å². The van der Waals surface area contributed by atoms with Gasteiger partial charge in [-0.15, -0.1) is 0 Å². The fourth-order valence-corrected chi connectivity index (χ4v) is 1.92. The molecule has 4 nitrogen and oxygen atoms in total. The van der Waals surface area contributed by atoms with E-state index in [1.54, 1.807) is 21.3 Å². The van der Waals surface area contributed by atoms with E-state index in [1.165, 1.54) is 0 Å². The molecule has 0 saturated heterocycles. The van der Waals surface area contributed by atoms with Gasteiger partial charge in [-0.2, -0.15) is 0 Å². The first-order chi connectivity index (χ1) is 8.67. The summed E-state index contributed by atoms with van der Waals surface area (Å²) in [6.07, 6.45) is 3.16. The molecule has 0 spiro atoms. The van der Waals surface area contributed by atoms with Crippen LogP contribution in [0.15, 0.2) is 12.1 Å². The summed E-state index contributed by atoms with van der Waals surface area (Å²) in [7, 11) is 4.86. The van der Waals surface area contributed by atoms with Crippen LogP contribution in [0.2, 0.25) is 0 Å². The second-order valence-corrected chi connectivity index (χ2v) is 4.20. The fraction of sp³-hybridized carbons (Fsp3) is 0.571. The van der Waals surface area contributed by atoms with Gasteiger partial charge < -0.3 is 19.9 Å². The molecule has 0 fully saturated rings. The molecule has 1 rings (SSSR count). The van der Waals surface area contributed by atoms with Crippen LogP contribution in [-0.2, 0) is 0 Å². The second kappa shape index (κ2) is 7.11. The van der Waals surface area contributed by atoms with Crippen LogP contribution >= 0.6 is 0 Å². The van der Waals surface area contributed by atoms with E-state index in [4.69, 9.17) is 19.9 Å². The van der Waals surface area contributed by atoms with Gasteiger partial charge in [0.25, 0.3) is 0 Å². The Morgan fingerprint density at radius 2 is 1.56 bits per heavy atom. The van der Waals surface area contributed by atoms with Gasteiger partial charge in [-0.05, 0) is 12.5 Å². The predicted molar refractivity (Wildman–Crippen MR) is 72.6 cm³/mol. The summed E-state index contributed by atoms with van der Waals surface area (Å²) in [6, 6.07) is 3.68. The van der Waals surface area contributed by atoms with E-state index in [9.17, 15) is 0 Å². The topological polar surface area (TPSA) is 53.7 Å². The third-order valence-corrected chi connectivity index (χ3v) is 3.00. The smallest absolute Gasteiger partial charge is 0.164 e. The van der Waals surface area contributed by atoms with Gasteiger partial charge in [-0.1, -0.05) is 19.8 Å². The maximum atomic E-state index is 6.20. The molecule has 1 aromatic carbocycles. The zero-order valence-corrected chi connectivity index (χ0v) is 11.7. The number of hydrogen-bond donors (Lipinski definition) is 1. The molecule has 0 aliphatic heterocycles. The second-order valence-electron chi connectivity index (χ2n) is 4.20. The highest BCUT2D eigenvalue weighted by Crippen LogP contribution is 2.37. The van der Waals surface area contributed by atoms with Crippen molar-refractivity contribution in [2.45, 2.75) is 32.2 Å². The maximum absolute atomic E-state index is 6.20. The lowest BCUT2D eigenvalue weighted by Gasteiger charge is -2.18. The van der Waals surface area contributed by atoms with E-state index in [2.05, 4.69) is 6.92 Å². The van der Waals surface area contributed by atoms with Gasteiger partial charge in [0.05, 0.1) is 21.3 Å². The summed E-state index contributed by atoms with van der Waals surface area (Å²) in [4.78, 5) is 0. The van der Waals surface area contributed by atoms with Gasteiger partial charge >= 0.3 is 0 Å². The van der Waals surface area contributed by atoms with Crippen LogP contribution in [0.3, 0.4) is 0 Å². The van der Waals surface area contributed by atoms with Crippen molar-refractivity contribution in [2.75, 3.05) is 21.3 Å².